The van der Waals surface area contributed by atoms with E-state index in [2.05, 4.69) is 152 Å². The molecule has 0 N–H and O–H groups in total. The molecule has 1 heteroatoms. The highest BCUT2D eigenvalue weighted by Gasteiger charge is 2.24. The van der Waals surface area contributed by atoms with Crippen molar-refractivity contribution in [3.8, 4) is 22.3 Å². The summed E-state index contributed by atoms with van der Waals surface area (Å²) in [6.45, 7) is 0. The number of hydrogen-bond acceptors (Lipinski definition) is 0. The molecule has 0 aliphatic heterocycles. The Balaban J connectivity index is 1.41. The molecule has 0 spiro atoms. The van der Waals surface area contributed by atoms with Gasteiger partial charge < -0.3 is 0 Å². The number of hydrogen-bond donors (Lipinski definition) is 0. The quantitative estimate of drug-likeness (QED) is 0.156. The lowest BCUT2D eigenvalue weighted by molar-refractivity contribution is 1.70. The fourth-order valence-corrected chi connectivity index (χ4v) is 9.36. The zero-order valence-corrected chi connectivity index (χ0v) is 23.3. The molecule has 8 aromatic rings. The van der Waals surface area contributed by atoms with Gasteiger partial charge in [-0.1, -0.05) is 140 Å². The summed E-state index contributed by atoms with van der Waals surface area (Å²) in [5, 5.41) is 14.9. The van der Waals surface area contributed by atoms with Crippen molar-refractivity contribution in [3.05, 3.63) is 152 Å². The van der Waals surface area contributed by atoms with E-state index in [1.165, 1.54) is 81.3 Å². The summed E-state index contributed by atoms with van der Waals surface area (Å²) in [7, 11) is -0.684. The van der Waals surface area contributed by atoms with Crippen molar-refractivity contribution in [3.63, 3.8) is 0 Å². The molecule has 0 saturated heterocycles. The Bertz CT molecular complexity index is 2260. The van der Waals surface area contributed by atoms with Gasteiger partial charge in [0.25, 0.3) is 0 Å². The van der Waals surface area contributed by atoms with Gasteiger partial charge in [0.1, 0.15) is 0 Å². The first-order valence-corrected chi connectivity index (χ1v) is 15.5. The van der Waals surface area contributed by atoms with Crippen LogP contribution in [0.5, 0.6) is 0 Å². The highest BCUT2D eigenvalue weighted by atomic mass is 31.1. The first kappa shape index (κ1) is 23.0. The predicted octanol–water partition coefficient (Wildman–Crippen LogP) is 9.70. The van der Waals surface area contributed by atoms with Crippen molar-refractivity contribution in [2.75, 3.05) is 0 Å². The predicted molar refractivity (Wildman–Crippen MR) is 180 cm³/mol. The Hall–Kier alpha value is -4.77. The average molecular weight is 537 g/mol. The van der Waals surface area contributed by atoms with E-state index in [1.54, 1.807) is 0 Å². The van der Waals surface area contributed by atoms with Gasteiger partial charge in [0, 0.05) is 0 Å². The highest BCUT2D eigenvalue weighted by molar-refractivity contribution is 7.79. The van der Waals surface area contributed by atoms with Gasteiger partial charge in [0.05, 0.1) is 0 Å². The van der Waals surface area contributed by atoms with Crippen LogP contribution in [0.2, 0.25) is 0 Å². The normalized spacial score (nSPS) is 12.1. The van der Waals surface area contributed by atoms with E-state index in [-0.39, 0.29) is 0 Å². The van der Waals surface area contributed by atoms with E-state index in [9.17, 15) is 0 Å². The minimum Gasteiger partial charge on any atom is -0.0622 e. The van der Waals surface area contributed by atoms with E-state index >= 15 is 0 Å². The molecule has 0 atom stereocenters. The summed E-state index contributed by atoms with van der Waals surface area (Å²) in [6.07, 6.45) is 0. The van der Waals surface area contributed by atoms with E-state index in [0.717, 1.165) is 0 Å². The lowest BCUT2D eigenvalue weighted by Crippen LogP contribution is -2.20. The molecule has 0 amide bonds. The maximum atomic E-state index is 2.49. The third kappa shape index (κ3) is 3.32. The molecule has 0 unspecified atom stereocenters. The number of fused-ring (bicyclic) bond motifs is 10. The lowest BCUT2D eigenvalue weighted by Gasteiger charge is -2.21. The van der Waals surface area contributed by atoms with E-state index in [1.807, 2.05) is 0 Å². The molecule has 0 nitrogen and oxygen atoms in total. The second kappa shape index (κ2) is 8.87. The van der Waals surface area contributed by atoms with Crippen LogP contribution in [0.3, 0.4) is 0 Å². The molecule has 190 valence electrons. The Morgan fingerprint density at radius 1 is 0.268 bits per heavy atom. The monoisotopic (exact) mass is 536 g/mol. The van der Waals surface area contributed by atoms with Crippen LogP contribution in [-0.2, 0) is 0 Å². The second-order valence-electron chi connectivity index (χ2n) is 10.9. The first-order chi connectivity index (χ1) is 20.4. The molecule has 8 aromatic carbocycles. The Morgan fingerprint density at radius 3 is 1.54 bits per heavy atom. The summed E-state index contributed by atoms with van der Waals surface area (Å²) < 4.78 is 0. The molecule has 0 heterocycles. The molecule has 0 radical (unpaired) electrons. The van der Waals surface area contributed by atoms with E-state index in [4.69, 9.17) is 0 Å². The zero-order valence-electron chi connectivity index (χ0n) is 22.4. The minimum absolute atomic E-state index is 0.684. The maximum absolute atomic E-state index is 2.49. The fourth-order valence-electron chi connectivity index (χ4n) is 7.04. The van der Waals surface area contributed by atoms with Crippen LogP contribution in [-0.4, -0.2) is 0 Å². The van der Waals surface area contributed by atoms with Crippen molar-refractivity contribution in [1.29, 1.82) is 0 Å². The fraction of sp³-hybridized carbons (Fsp3) is 0. The smallest absolute Gasteiger partial charge is 0.00197 e. The SMILES string of the molecule is c1ccc(P(c2ccccc2)c2ccc3c(c2)c2ccccc2c2cc4c5c(cccc5c32)-c2ccccc2-4)cc1. The average Bonchev–Trinajstić information content (AvgIpc) is 3.37. The van der Waals surface area contributed by atoms with Gasteiger partial charge in [-0.3, -0.25) is 0 Å². The van der Waals surface area contributed by atoms with Crippen LogP contribution in [0.4, 0.5) is 0 Å². The van der Waals surface area contributed by atoms with E-state index < -0.39 is 7.92 Å². The molecule has 0 saturated carbocycles. The molecule has 1 aliphatic rings. The van der Waals surface area contributed by atoms with Crippen molar-refractivity contribution >= 4 is 66.9 Å². The summed E-state index contributed by atoms with van der Waals surface area (Å²) >= 11 is 0. The molecular formula is C40H25P. The van der Waals surface area contributed by atoms with Crippen molar-refractivity contribution < 1.29 is 0 Å². The Labute approximate surface area is 240 Å². The number of rotatable bonds is 3. The largest absolute Gasteiger partial charge is 0.0622 e. The molecule has 0 aromatic heterocycles. The number of benzene rings is 8. The van der Waals surface area contributed by atoms with Crippen LogP contribution in [0, 0.1) is 0 Å². The molecule has 1 aliphatic carbocycles. The summed E-state index contributed by atoms with van der Waals surface area (Å²) in [5.41, 5.74) is 5.40. The van der Waals surface area contributed by atoms with Crippen molar-refractivity contribution in [1.82, 2.24) is 0 Å². The van der Waals surface area contributed by atoms with Crippen LogP contribution in [0.25, 0.3) is 65.3 Å². The molecular weight excluding hydrogens is 511 g/mol. The van der Waals surface area contributed by atoms with Gasteiger partial charge in [0.2, 0.25) is 0 Å². The molecule has 0 fully saturated rings. The van der Waals surface area contributed by atoms with Gasteiger partial charge in [-0.2, -0.15) is 0 Å². The standard InChI is InChI=1S/C40H25P/c1-3-12-26(13-4-1)41(27-14-5-2-6-15-27)28-22-23-34-36(24-28)30-17-8-10-19-32(30)38-25-37-31-18-9-7-16-29(31)33-20-11-21-35(39(33)37)40(34)38/h1-25H. The summed E-state index contributed by atoms with van der Waals surface area (Å²) in [5.74, 6) is 0. The first-order valence-electron chi connectivity index (χ1n) is 14.2. The second-order valence-corrected chi connectivity index (χ2v) is 13.1. The minimum atomic E-state index is -0.684. The van der Waals surface area contributed by atoms with Crippen LogP contribution < -0.4 is 15.9 Å². The van der Waals surface area contributed by atoms with Crippen LogP contribution in [0.15, 0.2) is 152 Å². The third-order valence-corrected chi connectivity index (χ3v) is 11.2. The summed E-state index contributed by atoms with van der Waals surface area (Å²) in [6, 6.07) is 56.5. The molecule has 0 bridgehead atoms. The van der Waals surface area contributed by atoms with Gasteiger partial charge in [0.15, 0.2) is 0 Å². The van der Waals surface area contributed by atoms with Crippen LogP contribution in [0.1, 0.15) is 0 Å². The Kier molecular flexibility index (Phi) is 4.97. The lowest BCUT2D eigenvalue weighted by atomic mass is 9.89. The Morgan fingerprint density at radius 2 is 0.829 bits per heavy atom. The van der Waals surface area contributed by atoms with Crippen LogP contribution >= 0.6 is 7.92 Å². The maximum Gasteiger partial charge on any atom is -0.00197 e. The van der Waals surface area contributed by atoms with E-state index in [0.29, 0.717) is 0 Å². The summed E-state index contributed by atoms with van der Waals surface area (Å²) in [4.78, 5) is 0. The third-order valence-electron chi connectivity index (χ3n) is 8.74. The van der Waals surface area contributed by atoms with Crippen molar-refractivity contribution in [2.45, 2.75) is 0 Å². The highest BCUT2D eigenvalue weighted by Crippen LogP contribution is 2.51. The van der Waals surface area contributed by atoms with Gasteiger partial charge in [-0.15, -0.1) is 0 Å². The molecule has 41 heavy (non-hydrogen) atoms. The topological polar surface area (TPSA) is 0 Å². The van der Waals surface area contributed by atoms with Gasteiger partial charge >= 0.3 is 0 Å². The van der Waals surface area contributed by atoms with Gasteiger partial charge in [-0.05, 0) is 101 Å². The zero-order chi connectivity index (χ0) is 26.9. The molecule has 9 rings (SSSR count). The van der Waals surface area contributed by atoms with Gasteiger partial charge in [-0.25, -0.2) is 0 Å². The van der Waals surface area contributed by atoms with Crippen molar-refractivity contribution in [2.24, 2.45) is 0 Å².